The molecule has 5 heteroatoms. The normalized spacial score (nSPS) is 11.6. The van der Waals surface area contributed by atoms with Crippen LogP contribution in [0.1, 0.15) is 29.0 Å². The minimum Gasteiger partial charge on any atom is -0.493 e. The van der Waals surface area contributed by atoms with Gasteiger partial charge in [-0.05, 0) is 41.1 Å². The van der Waals surface area contributed by atoms with E-state index < -0.39 is 0 Å². The van der Waals surface area contributed by atoms with E-state index in [-0.39, 0.29) is 18.6 Å². The zero-order chi connectivity index (χ0) is 19.1. The van der Waals surface area contributed by atoms with Gasteiger partial charge in [0.25, 0.3) is 5.91 Å². The fourth-order valence-electron chi connectivity index (χ4n) is 2.80. The fraction of sp³-hybridized carbons (Fsp3) is 0.227. The van der Waals surface area contributed by atoms with E-state index in [1.54, 1.807) is 30.6 Å². The van der Waals surface area contributed by atoms with Gasteiger partial charge in [0, 0.05) is 4.88 Å². The Bertz CT molecular complexity index is 860. The zero-order valence-electron chi connectivity index (χ0n) is 15.5. The molecule has 0 bridgehead atoms. The van der Waals surface area contributed by atoms with Gasteiger partial charge in [-0.2, -0.15) is 0 Å². The Morgan fingerprint density at radius 1 is 1.04 bits per heavy atom. The Kier molecular flexibility index (Phi) is 6.49. The number of thiophene rings is 1. The van der Waals surface area contributed by atoms with Crippen molar-refractivity contribution in [3.8, 4) is 11.5 Å². The third kappa shape index (κ3) is 4.89. The molecule has 0 spiro atoms. The number of methoxy groups -OCH3 is 1. The maximum Gasteiger partial charge on any atom is 0.258 e. The Hall–Kier alpha value is -2.79. The van der Waals surface area contributed by atoms with E-state index in [0.29, 0.717) is 11.5 Å². The van der Waals surface area contributed by atoms with E-state index in [1.807, 2.05) is 29.6 Å². The third-order valence-corrected chi connectivity index (χ3v) is 5.22. The molecule has 140 valence electrons. The van der Waals surface area contributed by atoms with E-state index in [0.717, 1.165) is 16.9 Å². The number of carbonyl (C=O) groups excluding carboxylic acids is 1. The predicted molar refractivity (Wildman–Crippen MR) is 109 cm³/mol. The highest BCUT2D eigenvalue weighted by Gasteiger charge is 2.18. The van der Waals surface area contributed by atoms with Crippen molar-refractivity contribution in [2.24, 2.45) is 0 Å². The van der Waals surface area contributed by atoms with Crippen LogP contribution in [0.4, 0.5) is 0 Å². The summed E-state index contributed by atoms with van der Waals surface area (Å²) in [5, 5.41) is 5.10. The van der Waals surface area contributed by atoms with Crippen LogP contribution < -0.4 is 14.8 Å². The van der Waals surface area contributed by atoms with Crippen molar-refractivity contribution in [3.63, 3.8) is 0 Å². The first kappa shape index (κ1) is 19.0. The van der Waals surface area contributed by atoms with Gasteiger partial charge in [-0.25, -0.2) is 0 Å². The molecule has 1 aromatic heterocycles. The lowest BCUT2D eigenvalue weighted by Gasteiger charge is -2.19. The minimum atomic E-state index is -0.190. The Morgan fingerprint density at radius 2 is 1.78 bits per heavy atom. The quantitative estimate of drug-likeness (QED) is 0.620. The van der Waals surface area contributed by atoms with Crippen molar-refractivity contribution in [2.75, 3.05) is 13.7 Å². The van der Waals surface area contributed by atoms with Crippen molar-refractivity contribution in [2.45, 2.75) is 19.4 Å². The average Bonchev–Trinajstić information content (AvgIpc) is 3.25. The van der Waals surface area contributed by atoms with Gasteiger partial charge >= 0.3 is 0 Å². The van der Waals surface area contributed by atoms with Crippen molar-refractivity contribution in [1.29, 1.82) is 0 Å². The van der Waals surface area contributed by atoms with Gasteiger partial charge < -0.3 is 14.8 Å². The molecule has 0 unspecified atom stereocenters. The van der Waals surface area contributed by atoms with Crippen LogP contribution in [0, 0.1) is 0 Å². The zero-order valence-corrected chi connectivity index (χ0v) is 16.3. The van der Waals surface area contributed by atoms with E-state index >= 15 is 0 Å². The van der Waals surface area contributed by atoms with Crippen molar-refractivity contribution in [1.82, 2.24) is 5.32 Å². The summed E-state index contributed by atoms with van der Waals surface area (Å²) < 4.78 is 10.9. The first-order valence-corrected chi connectivity index (χ1v) is 9.76. The molecule has 3 rings (SSSR count). The maximum absolute atomic E-state index is 12.5. The topological polar surface area (TPSA) is 47.6 Å². The molecule has 3 aromatic rings. The van der Waals surface area contributed by atoms with E-state index in [4.69, 9.17) is 9.47 Å². The lowest BCUT2D eigenvalue weighted by Crippen LogP contribution is -2.33. The Balaban J connectivity index is 1.71. The van der Waals surface area contributed by atoms with Crippen LogP contribution in [0.3, 0.4) is 0 Å². The van der Waals surface area contributed by atoms with Crippen LogP contribution >= 0.6 is 11.3 Å². The molecule has 0 aliphatic carbocycles. The van der Waals surface area contributed by atoms with Gasteiger partial charge in [0.1, 0.15) is 0 Å². The fourth-order valence-corrected chi connectivity index (χ4v) is 3.61. The molecule has 1 heterocycles. The number of hydrogen-bond donors (Lipinski definition) is 1. The molecule has 2 aromatic carbocycles. The molecule has 0 saturated heterocycles. The molecule has 4 nitrogen and oxygen atoms in total. The lowest BCUT2D eigenvalue weighted by atomic mass is 10.0. The number of aryl methyl sites for hydroxylation is 1. The van der Waals surface area contributed by atoms with Gasteiger partial charge in [0.15, 0.2) is 18.1 Å². The highest BCUT2D eigenvalue weighted by Crippen LogP contribution is 2.27. The molecule has 1 N–H and O–H groups in total. The summed E-state index contributed by atoms with van der Waals surface area (Å²) >= 11 is 1.62. The monoisotopic (exact) mass is 381 g/mol. The highest BCUT2D eigenvalue weighted by atomic mass is 32.1. The molecular formula is C22H23NO3S. The van der Waals surface area contributed by atoms with Crippen LogP contribution in [0.25, 0.3) is 0 Å². The van der Waals surface area contributed by atoms with E-state index in [1.165, 1.54) is 5.56 Å². The SMILES string of the molecule is CCc1ccc([C@H](NC(=O)COc2ccccc2OC)c2cccs2)cc1. The van der Waals surface area contributed by atoms with Crippen molar-refractivity contribution in [3.05, 3.63) is 82.0 Å². The predicted octanol–water partition coefficient (Wildman–Crippen LogP) is 4.60. The lowest BCUT2D eigenvalue weighted by molar-refractivity contribution is -0.123. The molecule has 0 saturated carbocycles. The van der Waals surface area contributed by atoms with Gasteiger partial charge in [0.05, 0.1) is 13.2 Å². The summed E-state index contributed by atoms with van der Waals surface area (Å²) in [6.45, 7) is 2.05. The smallest absolute Gasteiger partial charge is 0.258 e. The highest BCUT2D eigenvalue weighted by molar-refractivity contribution is 7.10. The number of amides is 1. The summed E-state index contributed by atoms with van der Waals surface area (Å²) in [7, 11) is 1.58. The first-order valence-electron chi connectivity index (χ1n) is 8.88. The maximum atomic E-state index is 12.5. The summed E-state index contributed by atoms with van der Waals surface area (Å²) in [6.07, 6.45) is 0.989. The number of hydrogen-bond acceptors (Lipinski definition) is 4. The second kappa shape index (κ2) is 9.24. The number of nitrogens with one attached hydrogen (secondary N) is 1. The number of para-hydroxylation sites is 2. The van der Waals surface area contributed by atoms with E-state index in [2.05, 4.69) is 36.5 Å². The van der Waals surface area contributed by atoms with Crippen LogP contribution in [-0.2, 0) is 11.2 Å². The molecule has 0 aliphatic rings. The van der Waals surface area contributed by atoms with Crippen LogP contribution in [0.2, 0.25) is 0 Å². The molecule has 1 atom stereocenters. The van der Waals surface area contributed by atoms with Crippen LogP contribution in [-0.4, -0.2) is 19.6 Å². The number of ether oxygens (including phenoxy) is 2. The Labute approximate surface area is 163 Å². The van der Waals surface area contributed by atoms with Gasteiger partial charge in [-0.15, -0.1) is 11.3 Å². The standard InChI is InChI=1S/C22H23NO3S/c1-3-16-10-12-17(13-11-16)22(20-9-6-14-27-20)23-21(24)15-26-19-8-5-4-7-18(19)25-2/h4-14,22H,3,15H2,1-2H3,(H,23,24)/t22-/m0/s1. The number of carbonyl (C=O) groups is 1. The second-order valence-electron chi connectivity index (χ2n) is 6.05. The number of rotatable bonds is 8. The summed E-state index contributed by atoms with van der Waals surface area (Å²) in [4.78, 5) is 13.6. The molecular weight excluding hydrogens is 358 g/mol. The van der Waals surface area contributed by atoms with E-state index in [9.17, 15) is 4.79 Å². The number of benzene rings is 2. The molecule has 1 amide bonds. The van der Waals surface area contributed by atoms with Crippen LogP contribution in [0.5, 0.6) is 11.5 Å². The molecule has 0 fully saturated rings. The van der Waals surface area contributed by atoms with Crippen LogP contribution in [0.15, 0.2) is 66.0 Å². The van der Waals surface area contributed by atoms with Gasteiger partial charge in [-0.3, -0.25) is 4.79 Å². The van der Waals surface area contributed by atoms with Gasteiger partial charge in [-0.1, -0.05) is 49.4 Å². The first-order chi connectivity index (χ1) is 13.2. The minimum absolute atomic E-state index is 0.0741. The van der Waals surface area contributed by atoms with Crippen molar-refractivity contribution >= 4 is 17.2 Å². The second-order valence-corrected chi connectivity index (χ2v) is 7.03. The summed E-state index contributed by atoms with van der Waals surface area (Å²) in [6, 6.07) is 19.5. The third-order valence-electron chi connectivity index (χ3n) is 4.28. The molecule has 27 heavy (non-hydrogen) atoms. The van der Waals surface area contributed by atoms with Gasteiger partial charge in [0.2, 0.25) is 0 Å². The largest absolute Gasteiger partial charge is 0.493 e. The Morgan fingerprint density at radius 3 is 2.41 bits per heavy atom. The average molecular weight is 381 g/mol. The van der Waals surface area contributed by atoms with Crippen molar-refractivity contribution < 1.29 is 14.3 Å². The molecule has 0 aliphatic heterocycles. The molecule has 0 radical (unpaired) electrons. The summed E-state index contributed by atoms with van der Waals surface area (Å²) in [5.74, 6) is 0.976. The summed E-state index contributed by atoms with van der Waals surface area (Å²) in [5.41, 5.74) is 2.33.